The van der Waals surface area contributed by atoms with Crippen molar-refractivity contribution in [3.8, 4) is 17.0 Å². The van der Waals surface area contributed by atoms with Crippen molar-refractivity contribution in [3.05, 3.63) is 35.5 Å². The molecule has 4 nitrogen and oxygen atoms in total. The van der Waals surface area contributed by atoms with Crippen LogP contribution in [0.1, 0.15) is 0 Å². The number of halogens is 1. The molecule has 0 aliphatic carbocycles. The summed E-state index contributed by atoms with van der Waals surface area (Å²) in [7, 11) is 1.59. The summed E-state index contributed by atoms with van der Waals surface area (Å²) in [5, 5.41) is 0. The summed E-state index contributed by atoms with van der Waals surface area (Å²) >= 11 is 3.37. The largest absolute Gasteiger partial charge is 0.481 e. The van der Waals surface area contributed by atoms with Crippen molar-refractivity contribution < 1.29 is 4.74 Å². The maximum atomic E-state index is 5.05. The number of hydrogen-bond acceptors (Lipinski definition) is 4. The lowest BCUT2D eigenvalue weighted by molar-refractivity contribution is 0.398. The van der Waals surface area contributed by atoms with Gasteiger partial charge in [0, 0.05) is 24.0 Å². The van der Waals surface area contributed by atoms with E-state index in [1.807, 2.05) is 12.1 Å². The summed E-state index contributed by atoms with van der Waals surface area (Å²) < 4.78 is 5.80. The third kappa shape index (κ3) is 2.12. The molecule has 5 heteroatoms. The highest BCUT2D eigenvalue weighted by Crippen LogP contribution is 2.26. The zero-order valence-electron chi connectivity index (χ0n) is 8.01. The van der Waals surface area contributed by atoms with E-state index in [1.165, 1.54) is 6.33 Å². The van der Waals surface area contributed by atoms with E-state index in [2.05, 4.69) is 30.9 Å². The summed E-state index contributed by atoms with van der Waals surface area (Å²) in [6, 6.07) is 3.72. The quantitative estimate of drug-likeness (QED) is 0.782. The van der Waals surface area contributed by atoms with Crippen LogP contribution in [0.5, 0.6) is 5.88 Å². The average molecular weight is 266 g/mol. The second-order valence-electron chi connectivity index (χ2n) is 2.81. The number of aromatic nitrogens is 3. The van der Waals surface area contributed by atoms with E-state index < -0.39 is 0 Å². The molecule has 2 heterocycles. The van der Waals surface area contributed by atoms with Gasteiger partial charge in [-0.15, -0.1) is 0 Å². The zero-order chi connectivity index (χ0) is 10.7. The lowest BCUT2D eigenvalue weighted by Crippen LogP contribution is -1.89. The molecule has 0 unspecified atom stereocenters. The molecule has 2 rings (SSSR count). The number of ether oxygens (including phenoxy) is 1. The fourth-order valence-electron chi connectivity index (χ4n) is 1.20. The van der Waals surface area contributed by atoms with Crippen molar-refractivity contribution in [1.82, 2.24) is 15.0 Å². The molecular weight excluding hydrogens is 258 g/mol. The third-order valence-electron chi connectivity index (χ3n) is 1.92. The van der Waals surface area contributed by atoms with Crippen molar-refractivity contribution in [2.24, 2.45) is 0 Å². The summed E-state index contributed by atoms with van der Waals surface area (Å²) in [5.41, 5.74) is 1.88. The molecule has 0 amide bonds. The first-order valence-electron chi connectivity index (χ1n) is 4.27. The zero-order valence-corrected chi connectivity index (χ0v) is 9.60. The molecule has 0 aromatic carbocycles. The molecule has 0 aliphatic rings. The Hall–Kier alpha value is -1.49. The molecule has 15 heavy (non-hydrogen) atoms. The van der Waals surface area contributed by atoms with Crippen LogP contribution < -0.4 is 4.74 Å². The van der Waals surface area contributed by atoms with Gasteiger partial charge < -0.3 is 4.74 Å². The number of rotatable bonds is 2. The summed E-state index contributed by atoms with van der Waals surface area (Å²) in [5.74, 6) is 0.572. The van der Waals surface area contributed by atoms with E-state index >= 15 is 0 Å². The Morgan fingerprint density at radius 2 is 2.20 bits per heavy atom. The van der Waals surface area contributed by atoms with Crippen molar-refractivity contribution in [1.29, 1.82) is 0 Å². The first-order valence-corrected chi connectivity index (χ1v) is 5.06. The van der Waals surface area contributed by atoms with Gasteiger partial charge in [-0.3, -0.25) is 0 Å². The average Bonchev–Trinajstić information content (AvgIpc) is 2.30. The lowest BCUT2D eigenvalue weighted by Gasteiger charge is -2.04. The van der Waals surface area contributed by atoms with Crippen LogP contribution in [0.3, 0.4) is 0 Å². The molecule has 2 aromatic heterocycles. The maximum Gasteiger partial charge on any atom is 0.213 e. The Morgan fingerprint density at radius 1 is 1.33 bits per heavy atom. The maximum absolute atomic E-state index is 5.05. The van der Waals surface area contributed by atoms with Crippen LogP contribution >= 0.6 is 15.9 Å². The Labute approximate surface area is 95.5 Å². The lowest BCUT2D eigenvalue weighted by atomic mass is 10.1. The Morgan fingerprint density at radius 3 is 2.93 bits per heavy atom. The fourth-order valence-corrected chi connectivity index (χ4v) is 1.62. The highest BCUT2D eigenvalue weighted by molar-refractivity contribution is 9.10. The van der Waals surface area contributed by atoms with Gasteiger partial charge in [0.15, 0.2) is 0 Å². The normalized spacial score (nSPS) is 10.0. The minimum Gasteiger partial charge on any atom is -0.481 e. The first-order chi connectivity index (χ1) is 7.31. The standard InChI is InChI=1S/C10H8BrN3O/c1-15-9-4-7(2-3-13-9)8-5-12-6-14-10(8)11/h2-6H,1H3. The highest BCUT2D eigenvalue weighted by atomic mass is 79.9. The number of methoxy groups -OCH3 is 1. The van der Waals surface area contributed by atoms with Crippen molar-refractivity contribution in [3.63, 3.8) is 0 Å². The number of pyridine rings is 1. The molecule has 0 atom stereocenters. The van der Waals surface area contributed by atoms with Gasteiger partial charge in [0.1, 0.15) is 10.9 Å². The molecule has 2 aromatic rings. The molecule has 0 bridgehead atoms. The van der Waals surface area contributed by atoms with Crippen molar-refractivity contribution in [2.45, 2.75) is 0 Å². The van der Waals surface area contributed by atoms with Crippen LogP contribution in [0.25, 0.3) is 11.1 Å². The Balaban J connectivity index is 2.49. The van der Waals surface area contributed by atoms with Crippen molar-refractivity contribution in [2.75, 3.05) is 7.11 Å². The van der Waals surface area contributed by atoms with Gasteiger partial charge in [-0.05, 0) is 27.6 Å². The van der Waals surface area contributed by atoms with Crippen LogP contribution in [-0.4, -0.2) is 22.1 Å². The number of hydrogen-bond donors (Lipinski definition) is 0. The van der Waals surface area contributed by atoms with Gasteiger partial charge in [-0.25, -0.2) is 15.0 Å². The van der Waals surface area contributed by atoms with Crippen LogP contribution in [0.4, 0.5) is 0 Å². The molecule has 76 valence electrons. The van der Waals surface area contributed by atoms with Gasteiger partial charge in [-0.1, -0.05) is 0 Å². The van der Waals surface area contributed by atoms with Crippen LogP contribution in [0.2, 0.25) is 0 Å². The number of nitrogens with zero attached hydrogens (tertiary/aromatic N) is 3. The SMILES string of the molecule is COc1cc(-c2cncnc2Br)ccn1. The Kier molecular flexibility index (Phi) is 2.91. The third-order valence-corrected chi connectivity index (χ3v) is 2.55. The summed E-state index contributed by atoms with van der Waals surface area (Å²) in [6.07, 6.45) is 4.92. The van der Waals surface area contributed by atoms with E-state index in [9.17, 15) is 0 Å². The van der Waals surface area contributed by atoms with E-state index in [0.717, 1.165) is 15.7 Å². The van der Waals surface area contributed by atoms with E-state index in [-0.39, 0.29) is 0 Å². The predicted molar refractivity (Wildman–Crippen MR) is 59.5 cm³/mol. The first kappa shape index (κ1) is 10.0. The molecule has 0 aliphatic heterocycles. The van der Waals surface area contributed by atoms with E-state index in [4.69, 9.17) is 4.74 Å². The Bertz CT molecular complexity index is 476. The van der Waals surface area contributed by atoms with Gasteiger partial charge >= 0.3 is 0 Å². The second kappa shape index (κ2) is 4.35. The monoisotopic (exact) mass is 265 g/mol. The minimum absolute atomic E-state index is 0.572. The summed E-state index contributed by atoms with van der Waals surface area (Å²) in [6.45, 7) is 0. The van der Waals surface area contributed by atoms with E-state index in [1.54, 1.807) is 19.5 Å². The smallest absolute Gasteiger partial charge is 0.213 e. The van der Waals surface area contributed by atoms with Gasteiger partial charge in [-0.2, -0.15) is 0 Å². The highest BCUT2D eigenvalue weighted by Gasteiger charge is 2.05. The van der Waals surface area contributed by atoms with Gasteiger partial charge in [0.2, 0.25) is 5.88 Å². The fraction of sp³-hybridized carbons (Fsp3) is 0.100. The molecule has 0 fully saturated rings. The van der Waals surface area contributed by atoms with E-state index in [0.29, 0.717) is 5.88 Å². The molecular formula is C10H8BrN3O. The topological polar surface area (TPSA) is 47.9 Å². The minimum atomic E-state index is 0.572. The predicted octanol–water partition coefficient (Wildman–Crippen LogP) is 2.31. The van der Waals surface area contributed by atoms with Crippen LogP contribution in [0, 0.1) is 0 Å². The molecule has 0 spiro atoms. The van der Waals surface area contributed by atoms with Gasteiger partial charge in [0.25, 0.3) is 0 Å². The molecule has 0 saturated carbocycles. The van der Waals surface area contributed by atoms with Gasteiger partial charge in [0.05, 0.1) is 7.11 Å². The van der Waals surface area contributed by atoms with Crippen LogP contribution in [0.15, 0.2) is 35.5 Å². The molecule has 0 saturated heterocycles. The van der Waals surface area contributed by atoms with Crippen LogP contribution in [-0.2, 0) is 0 Å². The molecule has 0 radical (unpaired) electrons. The second-order valence-corrected chi connectivity index (χ2v) is 3.57. The van der Waals surface area contributed by atoms with Crippen molar-refractivity contribution >= 4 is 15.9 Å². The molecule has 0 N–H and O–H groups in total. The summed E-state index contributed by atoms with van der Waals surface area (Å²) in [4.78, 5) is 12.1.